The van der Waals surface area contributed by atoms with Gasteiger partial charge in [-0.25, -0.2) is 4.57 Å². The molecule has 0 heterocycles. The molecule has 6 atom stereocenters. The van der Waals surface area contributed by atoms with Gasteiger partial charge in [0.1, 0.15) is 36.6 Å². The molecule has 0 bridgehead atoms. The van der Waals surface area contributed by atoms with Crippen LogP contribution in [0.2, 0.25) is 0 Å². The minimum atomic E-state index is -6.66. The van der Waals surface area contributed by atoms with E-state index in [4.69, 9.17) is 9.79 Å². The maximum absolute atomic E-state index is 11.3. The van der Waals surface area contributed by atoms with Crippen molar-refractivity contribution >= 4 is 46.9 Å². The normalized spacial score (nSPS) is 23.0. The second-order valence-corrected chi connectivity index (χ2v) is 12.9. The first-order valence-electron chi connectivity index (χ1n) is 7.83. The number of phosphoric ester groups is 6. The summed E-state index contributed by atoms with van der Waals surface area (Å²) < 4.78 is 89.1. The molecule has 0 amide bonds. The number of hydrogen-bond acceptors (Lipinski definition) is 22. The van der Waals surface area contributed by atoms with Crippen molar-refractivity contribution in [1.29, 1.82) is 0 Å². The molecule has 2 N–H and O–H groups in total. The predicted molar refractivity (Wildman–Crippen MR) is 79.3 cm³/mol. The third-order valence-corrected chi connectivity index (χ3v) is 6.48. The van der Waals surface area contributed by atoms with Crippen LogP contribution in [-0.4, -0.2) is 46.4 Å². The summed E-state index contributed by atoms with van der Waals surface area (Å²) in [6, 6.07) is 0. The van der Waals surface area contributed by atoms with Gasteiger partial charge in [-0.15, -0.1) is 0 Å². The van der Waals surface area contributed by atoms with Crippen LogP contribution in [-0.2, 0) is 54.5 Å². The second kappa shape index (κ2) is 38.9. The molecule has 2 unspecified atom stereocenters. The molecule has 1 fully saturated rings. The van der Waals surface area contributed by atoms with Crippen LogP contribution in [0.5, 0.6) is 0 Å². The Hall–Kier alpha value is 17.0. The first kappa shape index (κ1) is 86.2. The van der Waals surface area contributed by atoms with Crippen molar-refractivity contribution in [3.63, 3.8) is 0 Å². The molecule has 1 rings (SSSR count). The van der Waals surface area contributed by atoms with Crippen LogP contribution < -0.4 is 563 Å². The molecule has 216 valence electrons. The molecule has 0 aromatic carbocycles. The number of rotatable bonds is 12. The fourth-order valence-corrected chi connectivity index (χ4v) is 5.99. The molecule has 0 aliphatic heterocycles. The third-order valence-electron chi connectivity index (χ3n) is 3.46. The zero-order valence-electron chi connectivity index (χ0n) is 26.0. The van der Waals surface area contributed by atoms with E-state index in [1.54, 1.807) is 0 Å². The van der Waals surface area contributed by atoms with Gasteiger partial charge in [0.05, 0.1) is 39.1 Å². The van der Waals surface area contributed by atoms with E-state index >= 15 is 0 Å². The second-order valence-electron chi connectivity index (χ2n) is 6.15. The molecule has 0 aromatic heterocycles. The van der Waals surface area contributed by atoms with Crippen molar-refractivity contribution in [1.82, 2.24) is 0 Å². The third kappa shape index (κ3) is 43.6. The van der Waals surface area contributed by atoms with Crippen molar-refractivity contribution < 1.29 is 627 Å². The largest absolute Gasteiger partial charge is 1.00 e. The standard InChI is InChI=1S/C6H18O24P6.10K/c7-31(8,9)25-1-2(26-32(10,11)12)4(28-34(16,17)18)6(30-36(22,23)24)5(29-35(19,20)21)3(1)27-33(13,14)15;;;;;;;;;;/h1-6H,(H2,7,8,9)(H2,10,11,12)(H2,13,14,15)(H2,16,17,18)(H2,19,20,21)(H2,22,23,24);;;;;;;;;;/q;10*+1/p-10/t1-,2-,3?,4?,5-,6+;;;;;;;;;;/m1........../s1. The van der Waals surface area contributed by atoms with Gasteiger partial charge in [-0.2, -0.15) is 0 Å². The van der Waals surface area contributed by atoms with Crippen LogP contribution in [0.15, 0.2) is 0 Å². The average molecular weight is 1040 g/mol. The van der Waals surface area contributed by atoms with Crippen LogP contribution in [0, 0.1) is 0 Å². The van der Waals surface area contributed by atoms with E-state index in [0.717, 1.165) is 0 Å². The van der Waals surface area contributed by atoms with E-state index in [0.29, 0.717) is 0 Å². The topological polar surface area (TPSA) is 429 Å². The van der Waals surface area contributed by atoms with Gasteiger partial charge in [0.25, 0.3) is 0 Å². The Morgan fingerprint density at radius 3 is 0.500 bits per heavy atom. The maximum atomic E-state index is 11.3. The smallest absolute Gasteiger partial charge is 0.790 e. The molecule has 0 aromatic rings. The van der Waals surface area contributed by atoms with Gasteiger partial charge in [0.15, 0.2) is 0 Å². The first-order chi connectivity index (χ1) is 15.6. The van der Waals surface area contributed by atoms with E-state index in [-0.39, 0.29) is 514 Å². The number of phosphoric acid groups is 6. The van der Waals surface area contributed by atoms with E-state index in [1.165, 1.54) is 0 Å². The molecule has 40 heteroatoms. The summed E-state index contributed by atoms with van der Waals surface area (Å²) in [6.07, 6.45) is -21.0. The van der Waals surface area contributed by atoms with Crippen LogP contribution in [0.1, 0.15) is 0 Å². The molecule has 1 aliphatic rings. The minimum Gasteiger partial charge on any atom is -0.790 e. The van der Waals surface area contributed by atoms with Crippen molar-refractivity contribution in [2.45, 2.75) is 36.6 Å². The number of hydrogen-bond donors (Lipinski definition) is 2. The molecular formula is C6H8K10O24P6. The van der Waals surface area contributed by atoms with E-state index < -0.39 is 83.6 Å². The maximum Gasteiger partial charge on any atom is 1.00 e. The molecule has 24 nitrogen and oxygen atoms in total. The van der Waals surface area contributed by atoms with Crippen molar-refractivity contribution in [3.8, 4) is 0 Å². The van der Waals surface area contributed by atoms with Crippen molar-refractivity contribution in [2.75, 3.05) is 0 Å². The van der Waals surface area contributed by atoms with Gasteiger partial charge in [-0.1, -0.05) is 0 Å². The SMILES string of the molecule is O=P([O-])([O-])OC1[C@@H](OP(=O)([O-])[O-])[C@@H](OP(=O)([O-])[O-])C(OP(=O)(O)O)[C@H](OP(=O)([O-])[O-])[C@H]1OP(=O)([O-])[O-].[K+].[K+].[K+].[K+].[K+].[K+].[K+].[K+].[K+].[K+]. The predicted octanol–water partition coefficient (Wildman–Crippen LogP) is -39.4. The summed E-state index contributed by atoms with van der Waals surface area (Å²) in [5, 5.41) is 0. The molecule has 46 heavy (non-hydrogen) atoms. The Labute approximate surface area is 686 Å². The van der Waals surface area contributed by atoms with Crippen LogP contribution in [0.25, 0.3) is 0 Å². The fraction of sp³-hybridized carbons (Fsp3) is 1.00. The van der Waals surface area contributed by atoms with Gasteiger partial charge in [0, 0.05) is 0 Å². The van der Waals surface area contributed by atoms with Gasteiger partial charge >= 0.3 is 522 Å². The molecule has 1 saturated carbocycles. The molecule has 0 saturated heterocycles. The quantitative estimate of drug-likeness (QED) is 0.135. The Bertz CT molecular complexity index is 853. The summed E-state index contributed by atoms with van der Waals surface area (Å²) in [5.74, 6) is 0. The summed E-state index contributed by atoms with van der Waals surface area (Å²) >= 11 is 0. The summed E-state index contributed by atoms with van der Waals surface area (Å²) in [7, 11) is -39.4. The Morgan fingerprint density at radius 2 is 0.413 bits per heavy atom. The Morgan fingerprint density at radius 1 is 0.304 bits per heavy atom. The monoisotopic (exact) mass is 1040 g/mol. The van der Waals surface area contributed by atoms with E-state index in [9.17, 15) is 76.3 Å². The van der Waals surface area contributed by atoms with Crippen molar-refractivity contribution in [3.05, 3.63) is 0 Å². The summed E-state index contributed by atoms with van der Waals surface area (Å²) in [5.41, 5.74) is 0. The van der Waals surface area contributed by atoms with Gasteiger partial charge in [-0.05, 0) is 0 Å². The summed E-state index contributed by atoms with van der Waals surface area (Å²) in [6.45, 7) is 0. The Balaban J connectivity index is -0.000000162. The molecule has 1 aliphatic carbocycles. The minimum absolute atomic E-state index is 0. The Kier molecular flexibility index (Phi) is 73.0. The van der Waals surface area contributed by atoms with Crippen molar-refractivity contribution in [2.24, 2.45) is 0 Å². The molecule has 0 spiro atoms. The zero-order valence-corrected chi connectivity index (χ0v) is 62.6. The fourth-order valence-electron chi connectivity index (χ4n) is 2.75. The van der Waals surface area contributed by atoms with Crippen LogP contribution in [0.4, 0.5) is 0 Å². The first-order valence-corrected chi connectivity index (χ1v) is 16.7. The van der Waals surface area contributed by atoms with Crippen LogP contribution >= 0.6 is 46.9 Å². The van der Waals surface area contributed by atoms with Gasteiger partial charge < -0.3 is 104 Å². The zero-order chi connectivity index (χ0) is 28.7. The van der Waals surface area contributed by atoms with E-state index in [2.05, 4.69) is 27.1 Å². The summed E-state index contributed by atoms with van der Waals surface area (Å²) in [4.78, 5) is 129. The van der Waals surface area contributed by atoms with Gasteiger partial charge in [-0.3, -0.25) is 4.52 Å². The van der Waals surface area contributed by atoms with Crippen LogP contribution in [0.3, 0.4) is 0 Å². The molecular weight excluding hydrogens is 1030 g/mol. The molecule has 0 radical (unpaired) electrons. The van der Waals surface area contributed by atoms with E-state index in [1.807, 2.05) is 0 Å². The van der Waals surface area contributed by atoms with Gasteiger partial charge in [0.2, 0.25) is 0 Å². The average Bonchev–Trinajstić information content (AvgIpc) is 2.51.